The second-order valence-corrected chi connectivity index (χ2v) is 3.92. The molecule has 0 saturated carbocycles. The molecule has 0 heterocycles. The fourth-order valence-electron chi connectivity index (χ4n) is 0.671. The van der Waals surface area contributed by atoms with Crippen LogP contribution in [0.3, 0.4) is 0 Å². The Labute approximate surface area is 115 Å². The number of carbonyl (C=O) groups is 2. The number of hydrogen-bond acceptors (Lipinski definition) is 3. The van der Waals surface area contributed by atoms with E-state index < -0.39 is 12.3 Å². The maximum Gasteiger partial charge on any atom is 0.503 e. The summed E-state index contributed by atoms with van der Waals surface area (Å²) in [5.74, 6) is 0.833. The Kier molecular flexibility index (Phi) is 29.9. The molecular weight excluding hydrogens is 254 g/mol. The molecule has 0 bridgehead atoms. The highest BCUT2D eigenvalue weighted by Gasteiger charge is 1.89. The van der Waals surface area contributed by atoms with Crippen molar-refractivity contribution in [2.75, 3.05) is 19.6 Å². The molecule has 7 nitrogen and oxygen atoms in total. The standard InChI is InChI=1S/C6H15N.C4H10.2CH2O3/c1-4-7(5-2)6-3;1-4(2)3;2*2-1(3)4/h4-6H2,1-3H3;4H,1-3H3;2*(H2,2,3,4). The maximum absolute atomic E-state index is 8.56. The van der Waals surface area contributed by atoms with Crippen LogP contribution in [0.5, 0.6) is 0 Å². The van der Waals surface area contributed by atoms with E-state index in [4.69, 9.17) is 30.0 Å². The van der Waals surface area contributed by atoms with Crippen molar-refractivity contribution in [3.05, 3.63) is 0 Å². The van der Waals surface area contributed by atoms with Crippen molar-refractivity contribution in [3.8, 4) is 0 Å². The number of rotatable bonds is 3. The second kappa shape index (κ2) is 21.8. The zero-order chi connectivity index (χ0) is 16.4. The van der Waals surface area contributed by atoms with Gasteiger partial charge in [0.25, 0.3) is 0 Å². The molecule has 0 atom stereocenters. The third-order valence-electron chi connectivity index (χ3n) is 1.34. The van der Waals surface area contributed by atoms with Gasteiger partial charge in [0.05, 0.1) is 0 Å². The van der Waals surface area contributed by atoms with E-state index in [0.29, 0.717) is 0 Å². The van der Waals surface area contributed by atoms with Crippen molar-refractivity contribution in [2.24, 2.45) is 5.92 Å². The van der Waals surface area contributed by atoms with E-state index in [9.17, 15) is 0 Å². The van der Waals surface area contributed by atoms with Crippen molar-refractivity contribution < 1.29 is 30.0 Å². The van der Waals surface area contributed by atoms with Gasteiger partial charge in [-0.2, -0.15) is 0 Å². The number of hydrogen-bond donors (Lipinski definition) is 4. The van der Waals surface area contributed by atoms with E-state index in [0.717, 1.165) is 5.92 Å². The zero-order valence-electron chi connectivity index (χ0n) is 12.8. The Morgan fingerprint density at radius 3 is 0.895 bits per heavy atom. The molecule has 0 aromatic heterocycles. The highest BCUT2D eigenvalue weighted by Crippen LogP contribution is 1.81. The maximum atomic E-state index is 8.56. The fraction of sp³-hybridized carbons (Fsp3) is 0.833. The molecule has 0 aromatic carbocycles. The molecule has 0 saturated heterocycles. The average Bonchev–Trinajstić information content (AvgIpc) is 2.17. The van der Waals surface area contributed by atoms with E-state index in [1.54, 1.807) is 0 Å². The summed E-state index contributed by atoms with van der Waals surface area (Å²) in [6, 6.07) is 0. The first-order chi connectivity index (χ1) is 8.54. The smallest absolute Gasteiger partial charge is 0.450 e. The summed E-state index contributed by atoms with van der Waals surface area (Å²) in [5, 5.41) is 27.9. The molecular formula is C12H29NO6. The van der Waals surface area contributed by atoms with Crippen molar-refractivity contribution in [1.82, 2.24) is 4.90 Å². The molecule has 0 spiro atoms. The molecule has 0 rings (SSSR count). The highest BCUT2D eigenvalue weighted by atomic mass is 16.6. The summed E-state index contributed by atoms with van der Waals surface area (Å²) in [4.78, 5) is 19.5. The molecule has 4 N–H and O–H groups in total. The van der Waals surface area contributed by atoms with E-state index >= 15 is 0 Å². The third-order valence-corrected chi connectivity index (χ3v) is 1.34. The van der Waals surface area contributed by atoms with Gasteiger partial charge < -0.3 is 25.3 Å². The molecule has 0 aliphatic heterocycles. The molecule has 0 unspecified atom stereocenters. The van der Waals surface area contributed by atoms with Gasteiger partial charge in [-0.3, -0.25) is 0 Å². The van der Waals surface area contributed by atoms with Crippen LogP contribution in [0.1, 0.15) is 41.5 Å². The van der Waals surface area contributed by atoms with E-state index in [2.05, 4.69) is 46.4 Å². The molecule has 0 amide bonds. The summed E-state index contributed by atoms with van der Waals surface area (Å²) < 4.78 is 0. The van der Waals surface area contributed by atoms with Crippen LogP contribution in [-0.4, -0.2) is 57.3 Å². The van der Waals surface area contributed by atoms with Crippen LogP contribution in [-0.2, 0) is 0 Å². The van der Waals surface area contributed by atoms with Crippen LogP contribution < -0.4 is 0 Å². The van der Waals surface area contributed by atoms with Gasteiger partial charge >= 0.3 is 12.3 Å². The molecule has 7 heteroatoms. The summed E-state index contributed by atoms with van der Waals surface area (Å²) in [6.45, 7) is 16.6. The Hall–Kier alpha value is -1.50. The first-order valence-corrected chi connectivity index (χ1v) is 6.10. The molecule has 118 valence electrons. The lowest BCUT2D eigenvalue weighted by molar-refractivity contribution is 0.135. The largest absolute Gasteiger partial charge is 0.503 e. The first kappa shape index (κ1) is 26.1. The summed E-state index contributed by atoms with van der Waals surface area (Å²) in [7, 11) is 0. The van der Waals surface area contributed by atoms with Crippen LogP contribution >= 0.6 is 0 Å². The predicted octanol–water partition coefficient (Wildman–Crippen LogP) is 3.46. The highest BCUT2D eigenvalue weighted by molar-refractivity contribution is 5.53. The van der Waals surface area contributed by atoms with Crippen LogP contribution in [0.2, 0.25) is 0 Å². The lowest BCUT2D eigenvalue weighted by atomic mass is 10.3. The van der Waals surface area contributed by atoms with Crippen molar-refractivity contribution >= 4 is 12.3 Å². The minimum Gasteiger partial charge on any atom is -0.450 e. The van der Waals surface area contributed by atoms with Gasteiger partial charge in [0.1, 0.15) is 0 Å². The summed E-state index contributed by atoms with van der Waals surface area (Å²) >= 11 is 0. The molecule has 0 aromatic rings. The Balaban J connectivity index is -0.0000000825. The van der Waals surface area contributed by atoms with Gasteiger partial charge in [-0.1, -0.05) is 41.5 Å². The molecule has 0 aliphatic carbocycles. The minimum absolute atomic E-state index is 0.833. The van der Waals surface area contributed by atoms with E-state index in [1.807, 2.05) is 0 Å². The topological polar surface area (TPSA) is 118 Å². The fourth-order valence-corrected chi connectivity index (χ4v) is 0.671. The van der Waals surface area contributed by atoms with E-state index in [1.165, 1.54) is 19.6 Å². The first-order valence-electron chi connectivity index (χ1n) is 6.10. The second-order valence-electron chi connectivity index (χ2n) is 3.92. The monoisotopic (exact) mass is 283 g/mol. The third kappa shape index (κ3) is 171. The quantitative estimate of drug-likeness (QED) is 0.626. The molecule has 0 radical (unpaired) electrons. The Bertz CT molecular complexity index is 164. The van der Waals surface area contributed by atoms with Gasteiger partial charge in [0, 0.05) is 0 Å². The van der Waals surface area contributed by atoms with Crippen LogP contribution in [0.15, 0.2) is 0 Å². The summed E-state index contributed by atoms with van der Waals surface area (Å²) in [6.07, 6.45) is -3.67. The zero-order valence-corrected chi connectivity index (χ0v) is 12.8. The van der Waals surface area contributed by atoms with Crippen LogP contribution in [0.25, 0.3) is 0 Å². The lowest BCUT2D eigenvalue weighted by Gasteiger charge is -2.13. The molecule has 0 aliphatic rings. The number of carboxylic acid groups (broad SMARTS) is 4. The van der Waals surface area contributed by atoms with Crippen LogP contribution in [0, 0.1) is 5.92 Å². The molecule has 0 fully saturated rings. The van der Waals surface area contributed by atoms with Crippen molar-refractivity contribution in [3.63, 3.8) is 0 Å². The van der Waals surface area contributed by atoms with E-state index in [-0.39, 0.29) is 0 Å². The van der Waals surface area contributed by atoms with Crippen molar-refractivity contribution in [2.45, 2.75) is 41.5 Å². The number of nitrogens with zero attached hydrogens (tertiary/aromatic N) is 1. The minimum atomic E-state index is -1.83. The predicted molar refractivity (Wildman–Crippen MR) is 75.3 cm³/mol. The SMILES string of the molecule is CC(C)C.CCN(CC)CC.O=C(O)O.O=C(O)O. The Morgan fingerprint density at radius 1 is 0.789 bits per heavy atom. The van der Waals surface area contributed by atoms with Crippen molar-refractivity contribution in [1.29, 1.82) is 0 Å². The normalized spacial score (nSPS) is 8.21. The van der Waals surface area contributed by atoms with Gasteiger partial charge in [0.2, 0.25) is 0 Å². The van der Waals surface area contributed by atoms with Gasteiger partial charge in [-0.15, -0.1) is 0 Å². The lowest BCUT2D eigenvalue weighted by Crippen LogP contribution is -2.21. The Morgan fingerprint density at radius 2 is 0.895 bits per heavy atom. The van der Waals surface area contributed by atoms with Gasteiger partial charge in [-0.05, 0) is 25.6 Å². The van der Waals surface area contributed by atoms with Gasteiger partial charge in [-0.25, -0.2) is 9.59 Å². The van der Waals surface area contributed by atoms with Crippen LogP contribution in [0.4, 0.5) is 9.59 Å². The molecule has 19 heavy (non-hydrogen) atoms. The van der Waals surface area contributed by atoms with Gasteiger partial charge in [0.15, 0.2) is 0 Å². The summed E-state index contributed by atoms with van der Waals surface area (Å²) in [5.41, 5.74) is 0. The average molecular weight is 283 g/mol.